The van der Waals surface area contributed by atoms with Crippen LogP contribution < -0.4 is 4.74 Å². The summed E-state index contributed by atoms with van der Waals surface area (Å²) in [6.45, 7) is 5.99. The number of benzene rings is 1. The molecule has 0 bridgehead atoms. The maximum atomic E-state index is 5.21. The largest absolute Gasteiger partial charge is 0.497 e. The summed E-state index contributed by atoms with van der Waals surface area (Å²) < 4.78 is 5.21. The number of hydrogen-bond donors (Lipinski definition) is 0. The number of nitrogens with zero attached hydrogens (tertiary/aromatic N) is 1. The van der Waals surface area contributed by atoms with Crippen LogP contribution in [-0.2, 0) is 0 Å². The van der Waals surface area contributed by atoms with E-state index >= 15 is 0 Å². The van der Waals surface area contributed by atoms with Crippen LogP contribution in [0.25, 0.3) is 6.08 Å². The van der Waals surface area contributed by atoms with Gasteiger partial charge in [0.1, 0.15) is 5.75 Å². The van der Waals surface area contributed by atoms with E-state index in [-0.39, 0.29) is 0 Å². The number of rotatable bonds is 6. The first-order valence-corrected chi connectivity index (χ1v) is 6.59. The Morgan fingerprint density at radius 2 is 1.95 bits per heavy atom. The lowest BCUT2D eigenvalue weighted by Crippen LogP contribution is -2.07. The third-order valence-electron chi connectivity index (χ3n) is 2.94. The third-order valence-corrected chi connectivity index (χ3v) is 2.94. The normalized spacial score (nSPS) is 12.1. The minimum Gasteiger partial charge on any atom is -0.497 e. The average molecular weight is 269 g/mol. The van der Waals surface area contributed by atoms with Gasteiger partial charge in [-0.15, -0.1) is 0 Å². The number of allylic oxidation sites excluding steroid dienone is 5. The quantitative estimate of drug-likeness (QED) is 0.714. The molecular weight excluding hydrogens is 246 g/mol. The predicted octanol–water partition coefficient (Wildman–Crippen LogP) is 4.29. The Bertz CT molecular complexity index is 536. The molecule has 1 aromatic carbocycles. The number of ether oxygens (including phenoxy) is 1. The second-order valence-electron chi connectivity index (χ2n) is 4.62. The van der Waals surface area contributed by atoms with E-state index in [1.54, 1.807) is 7.11 Å². The van der Waals surface area contributed by atoms with Crippen molar-refractivity contribution in [3.8, 4) is 5.75 Å². The summed E-state index contributed by atoms with van der Waals surface area (Å²) in [6, 6.07) is 7.98. The van der Waals surface area contributed by atoms with Gasteiger partial charge in [0.15, 0.2) is 0 Å². The van der Waals surface area contributed by atoms with Crippen LogP contribution in [0.3, 0.4) is 0 Å². The van der Waals surface area contributed by atoms with Gasteiger partial charge in [-0.2, -0.15) is 0 Å². The molecule has 0 aliphatic rings. The molecule has 0 fully saturated rings. The van der Waals surface area contributed by atoms with Crippen LogP contribution in [0.5, 0.6) is 5.75 Å². The first kappa shape index (κ1) is 15.8. The van der Waals surface area contributed by atoms with Gasteiger partial charge in [0.2, 0.25) is 0 Å². The van der Waals surface area contributed by atoms with Gasteiger partial charge in [0.05, 0.1) is 7.11 Å². The first-order valence-electron chi connectivity index (χ1n) is 6.59. The summed E-state index contributed by atoms with van der Waals surface area (Å²) >= 11 is 0. The molecule has 0 N–H and O–H groups in total. The first-order chi connectivity index (χ1) is 9.56. The standard InChI is InChI=1S/C18H23NO/c1-6-16(11-10-15(2)19(3)4)12-13-17-8-7-9-18(14-17)20-5/h6-14H,2H2,1,3-5H3/b11-10-,13-12+,16-6+. The molecule has 0 aliphatic heterocycles. The van der Waals surface area contributed by atoms with E-state index in [9.17, 15) is 0 Å². The van der Waals surface area contributed by atoms with Gasteiger partial charge in [-0.25, -0.2) is 0 Å². The van der Waals surface area contributed by atoms with Crippen LogP contribution in [0.15, 0.2) is 66.4 Å². The fourth-order valence-electron chi connectivity index (χ4n) is 1.53. The van der Waals surface area contributed by atoms with E-state index in [0.717, 1.165) is 22.6 Å². The summed E-state index contributed by atoms with van der Waals surface area (Å²) in [5.41, 5.74) is 3.22. The molecule has 0 saturated carbocycles. The molecular formula is C18H23NO. The average Bonchev–Trinajstić information content (AvgIpc) is 2.47. The Hall–Kier alpha value is -2.22. The molecule has 0 spiro atoms. The summed E-state index contributed by atoms with van der Waals surface area (Å²) in [5, 5.41) is 0. The van der Waals surface area contributed by atoms with Gasteiger partial charge in [-0.1, -0.05) is 43.0 Å². The molecule has 2 nitrogen and oxygen atoms in total. The Balaban J connectivity index is 2.78. The van der Waals surface area contributed by atoms with E-state index in [1.165, 1.54) is 0 Å². The van der Waals surface area contributed by atoms with Crippen molar-refractivity contribution in [3.63, 3.8) is 0 Å². The molecule has 106 valence electrons. The SMILES string of the molecule is C=C(\C=C/C(=C\C)/C=C/c1cccc(OC)c1)N(C)C. The van der Waals surface area contributed by atoms with Gasteiger partial charge < -0.3 is 9.64 Å². The lowest BCUT2D eigenvalue weighted by atomic mass is 10.1. The maximum absolute atomic E-state index is 5.21. The van der Waals surface area contributed by atoms with Crippen LogP contribution in [0, 0.1) is 0 Å². The zero-order valence-electron chi connectivity index (χ0n) is 12.8. The monoisotopic (exact) mass is 269 g/mol. The highest BCUT2D eigenvalue weighted by Crippen LogP contribution is 2.15. The zero-order valence-corrected chi connectivity index (χ0v) is 12.8. The second kappa shape index (κ2) is 8.05. The van der Waals surface area contributed by atoms with Crippen LogP contribution in [0.2, 0.25) is 0 Å². The van der Waals surface area contributed by atoms with E-state index in [1.807, 2.05) is 50.2 Å². The lowest BCUT2D eigenvalue weighted by molar-refractivity contribution is 0.414. The van der Waals surface area contributed by atoms with Crippen molar-refractivity contribution >= 4 is 6.08 Å². The van der Waals surface area contributed by atoms with Gasteiger partial charge in [-0.05, 0) is 36.3 Å². The maximum Gasteiger partial charge on any atom is 0.119 e. The molecule has 0 amide bonds. The Morgan fingerprint density at radius 1 is 1.20 bits per heavy atom. The molecule has 20 heavy (non-hydrogen) atoms. The van der Waals surface area contributed by atoms with Crippen LogP contribution >= 0.6 is 0 Å². The fourth-order valence-corrected chi connectivity index (χ4v) is 1.53. The van der Waals surface area contributed by atoms with Gasteiger partial charge in [0.25, 0.3) is 0 Å². The van der Waals surface area contributed by atoms with Crippen molar-refractivity contribution in [2.75, 3.05) is 21.2 Å². The molecule has 0 heterocycles. The van der Waals surface area contributed by atoms with Crippen molar-refractivity contribution in [1.29, 1.82) is 0 Å². The van der Waals surface area contributed by atoms with Crippen molar-refractivity contribution in [3.05, 3.63) is 72.0 Å². The molecule has 0 aliphatic carbocycles. The van der Waals surface area contributed by atoms with Crippen molar-refractivity contribution < 1.29 is 4.74 Å². The topological polar surface area (TPSA) is 12.5 Å². The van der Waals surface area contributed by atoms with Crippen molar-refractivity contribution in [2.24, 2.45) is 0 Å². The van der Waals surface area contributed by atoms with Crippen molar-refractivity contribution in [2.45, 2.75) is 6.92 Å². The molecule has 0 saturated heterocycles. The Morgan fingerprint density at radius 3 is 2.55 bits per heavy atom. The molecule has 0 unspecified atom stereocenters. The highest BCUT2D eigenvalue weighted by Gasteiger charge is 1.93. The summed E-state index contributed by atoms with van der Waals surface area (Å²) in [7, 11) is 5.64. The number of likely N-dealkylation sites (N-methyl/N-ethyl adjacent to an activating group) is 1. The van der Waals surface area contributed by atoms with Crippen LogP contribution in [0.1, 0.15) is 12.5 Å². The van der Waals surface area contributed by atoms with E-state index in [2.05, 4.69) is 36.9 Å². The minimum absolute atomic E-state index is 0.866. The molecule has 0 aromatic heterocycles. The van der Waals surface area contributed by atoms with Gasteiger partial charge in [0, 0.05) is 19.8 Å². The molecule has 1 rings (SSSR count). The molecule has 1 aromatic rings. The smallest absolute Gasteiger partial charge is 0.119 e. The number of methoxy groups -OCH3 is 1. The second-order valence-corrected chi connectivity index (χ2v) is 4.62. The third kappa shape index (κ3) is 5.19. The summed E-state index contributed by atoms with van der Waals surface area (Å²) in [6.07, 6.45) is 10.3. The summed E-state index contributed by atoms with van der Waals surface area (Å²) in [4.78, 5) is 1.98. The van der Waals surface area contributed by atoms with Crippen LogP contribution in [-0.4, -0.2) is 26.1 Å². The summed E-state index contributed by atoms with van der Waals surface area (Å²) in [5.74, 6) is 0.866. The fraction of sp³-hybridized carbons (Fsp3) is 0.222. The highest BCUT2D eigenvalue weighted by atomic mass is 16.5. The van der Waals surface area contributed by atoms with E-state index in [0.29, 0.717) is 0 Å². The lowest BCUT2D eigenvalue weighted by Gasteiger charge is -2.11. The number of hydrogen-bond acceptors (Lipinski definition) is 2. The Kier molecular flexibility index (Phi) is 6.38. The van der Waals surface area contributed by atoms with E-state index in [4.69, 9.17) is 4.74 Å². The van der Waals surface area contributed by atoms with Gasteiger partial charge >= 0.3 is 0 Å². The molecule has 0 radical (unpaired) electrons. The predicted molar refractivity (Wildman–Crippen MR) is 87.8 cm³/mol. The zero-order chi connectivity index (χ0) is 15.0. The minimum atomic E-state index is 0.866. The Labute approximate surface area is 122 Å². The molecule has 0 atom stereocenters. The van der Waals surface area contributed by atoms with Crippen molar-refractivity contribution in [1.82, 2.24) is 4.90 Å². The van der Waals surface area contributed by atoms with Gasteiger partial charge in [-0.3, -0.25) is 0 Å². The van der Waals surface area contributed by atoms with Crippen LogP contribution in [0.4, 0.5) is 0 Å². The molecule has 2 heteroatoms. The highest BCUT2D eigenvalue weighted by molar-refractivity contribution is 5.56. The van der Waals surface area contributed by atoms with E-state index < -0.39 is 0 Å².